The van der Waals surface area contributed by atoms with Crippen LogP contribution in [0.4, 0.5) is 0 Å². The van der Waals surface area contributed by atoms with Gasteiger partial charge in [-0.3, -0.25) is 4.79 Å². The molecule has 6 nitrogen and oxygen atoms in total. The molecule has 2 fully saturated rings. The van der Waals surface area contributed by atoms with Crippen LogP contribution in [0.1, 0.15) is 12.8 Å². The highest BCUT2D eigenvalue weighted by atomic mass is 32.2. The molecule has 2 saturated heterocycles. The smallest absolute Gasteiger partial charge is 0.237 e. The molecule has 3 atom stereocenters. The van der Waals surface area contributed by atoms with Gasteiger partial charge in [-0.05, 0) is 12.8 Å². The molecule has 2 aliphatic heterocycles. The summed E-state index contributed by atoms with van der Waals surface area (Å²) in [6.45, 7) is 0.418. The van der Waals surface area contributed by atoms with E-state index in [1.807, 2.05) is 0 Å². The highest BCUT2D eigenvalue weighted by Crippen LogP contribution is 2.13. The molecule has 0 saturated carbocycles. The van der Waals surface area contributed by atoms with Gasteiger partial charge >= 0.3 is 0 Å². The van der Waals surface area contributed by atoms with Crippen molar-refractivity contribution in [2.45, 2.75) is 31.0 Å². The minimum atomic E-state index is -2.96. The first-order valence-corrected chi connectivity index (χ1v) is 7.21. The Morgan fingerprint density at radius 3 is 2.69 bits per heavy atom. The lowest BCUT2D eigenvalue weighted by atomic mass is 10.1. The molecule has 2 aliphatic rings. The molecule has 3 unspecified atom stereocenters. The van der Waals surface area contributed by atoms with Gasteiger partial charge in [-0.25, -0.2) is 8.42 Å². The summed E-state index contributed by atoms with van der Waals surface area (Å²) in [5.41, 5.74) is 0. The molecule has 0 aromatic carbocycles. The number of amides is 1. The summed E-state index contributed by atoms with van der Waals surface area (Å²) in [5.74, 6) is -0.0224. The summed E-state index contributed by atoms with van der Waals surface area (Å²) < 4.78 is 22.4. The van der Waals surface area contributed by atoms with Gasteiger partial charge in [0.25, 0.3) is 0 Å². The molecule has 0 aromatic rings. The van der Waals surface area contributed by atoms with Crippen LogP contribution in [-0.2, 0) is 14.6 Å². The number of hydrogen-bond donors (Lipinski definition) is 3. The molecule has 1 amide bonds. The molecule has 0 bridgehead atoms. The third-order valence-electron chi connectivity index (χ3n) is 3.00. The first-order chi connectivity index (χ1) is 7.46. The van der Waals surface area contributed by atoms with Gasteiger partial charge in [-0.1, -0.05) is 0 Å². The maximum absolute atomic E-state index is 11.7. The number of sulfone groups is 1. The van der Waals surface area contributed by atoms with Crippen LogP contribution < -0.4 is 10.6 Å². The lowest BCUT2D eigenvalue weighted by Gasteiger charge is -2.14. The fourth-order valence-electron chi connectivity index (χ4n) is 2.13. The molecule has 2 rings (SSSR count). The standard InChI is InChI=1S/C9H16N2O4S/c12-7-3-8(10-4-7)9(13)11-6-1-2-16(14,15)5-6/h6-8,10,12H,1-5H2,(H,11,13). The zero-order valence-electron chi connectivity index (χ0n) is 8.85. The monoisotopic (exact) mass is 248 g/mol. The average molecular weight is 248 g/mol. The molecule has 0 aromatic heterocycles. The van der Waals surface area contributed by atoms with E-state index in [1.165, 1.54) is 0 Å². The van der Waals surface area contributed by atoms with Crippen LogP contribution >= 0.6 is 0 Å². The van der Waals surface area contributed by atoms with Gasteiger partial charge in [0.2, 0.25) is 5.91 Å². The van der Waals surface area contributed by atoms with Gasteiger partial charge < -0.3 is 15.7 Å². The predicted molar refractivity (Wildman–Crippen MR) is 57.6 cm³/mol. The fourth-order valence-corrected chi connectivity index (χ4v) is 3.80. The van der Waals surface area contributed by atoms with E-state index in [-0.39, 0.29) is 23.5 Å². The first kappa shape index (κ1) is 11.8. The minimum absolute atomic E-state index is 0.0357. The van der Waals surface area contributed by atoms with Gasteiger partial charge in [-0.2, -0.15) is 0 Å². The number of nitrogens with one attached hydrogen (secondary N) is 2. The zero-order valence-corrected chi connectivity index (χ0v) is 9.66. The van der Waals surface area contributed by atoms with Crippen molar-refractivity contribution in [3.05, 3.63) is 0 Å². The van der Waals surface area contributed by atoms with Crippen molar-refractivity contribution in [2.75, 3.05) is 18.1 Å². The second kappa shape index (κ2) is 4.31. The maximum Gasteiger partial charge on any atom is 0.237 e. The molecule has 92 valence electrons. The van der Waals surface area contributed by atoms with E-state index in [9.17, 15) is 18.3 Å². The summed E-state index contributed by atoms with van der Waals surface area (Å²) in [4.78, 5) is 11.7. The summed E-state index contributed by atoms with van der Waals surface area (Å²) in [7, 11) is -2.96. The highest BCUT2D eigenvalue weighted by Gasteiger charge is 2.33. The normalized spacial score (nSPS) is 37.4. The van der Waals surface area contributed by atoms with Crippen molar-refractivity contribution in [3.63, 3.8) is 0 Å². The number of carbonyl (C=O) groups is 1. The van der Waals surface area contributed by atoms with E-state index in [0.717, 1.165) is 0 Å². The van der Waals surface area contributed by atoms with Crippen LogP contribution in [0.25, 0.3) is 0 Å². The summed E-state index contributed by atoms with van der Waals surface area (Å²) in [5, 5.41) is 14.8. The minimum Gasteiger partial charge on any atom is -0.392 e. The maximum atomic E-state index is 11.7. The second-order valence-electron chi connectivity index (χ2n) is 4.46. The van der Waals surface area contributed by atoms with Crippen LogP contribution in [0.3, 0.4) is 0 Å². The Morgan fingerprint density at radius 1 is 1.44 bits per heavy atom. The molecule has 0 aliphatic carbocycles. The van der Waals surface area contributed by atoms with E-state index >= 15 is 0 Å². The fraction of sp³-hybridized carbons (Fsp3) is 0.889. The SMILES string of the molecule is O=C(NC1CCS(=O)(=O)C1)C1CC(O)CN1. The molecular weight excluding hydrogens is 232 g/mol. The van der Waals surface area contributed by atoms with Gasteiger partial charge in [0.1, 0.15) is 0 Å². The van der Waals surface area contributed by atoms with E-state index in [2.05, 4.69) is 10.6 Å². The predicted octanol–water partition coefficient (Wildman–Crippen LogP) is -1.99. The van der Waals surface area contributed by atoms with Crippen molar-refractivity contribution in [1.82, 2.24) is 10.6 Å². The number of hydrogen-bond acceptors (Lipinski definition) is 5. The Morgan fingerprint density at radius 2 is 2.19 bits per heavy atom. The number of rotatable bonds is 2. The quantitative estimate of drug-likeness (QED) is 0.526. The van der Waals surface area contributed by atoms with E-state index in [4.69, 9.17) is 0 Å². The molecule has 3 N–H and O–H groups in total. The topological polar surface area (TPSA) is 95.5 Å². The number of carbonyl (C=O) groups excluding carboxylic acids is 1. The molecule has 16 heavy (non-hydrogen) atoms. The molecular formula is C9H16N2O4S. The van der Waals surface area contributed by atoms with Gasteiger partial charge in [0.15, 0.2) is 9.84 Å². The van der Waals surface area contributed by atoms with E-state index in [0.29, 0.717) is 19.4 Å². The van der Waals surface area contributed by atoms with Crippen molar-refractivity contribution < 1.29 is 18.3 Å². The van der Waals surface area contributed by atoms with Crippen molar-refractivity contribution in [2.24, 2.45) is 0 Å². The molecule has 0 radical (unpaired) electrons. The molecule has 0 spiro atoms. The van der Waals surface area contributed by atoms with E-state index < -0.39 is 22.0 Å². The Labute approximate surface area is 94.3 Å². The Bertz CT molecular complexity index is 381. The van der Waals surface area contributed by atoms with Gasteiger partial charge in [0, 0.05) is 12.6 Å². The van der Waals surface area contributed by atoms with Crippen LogP contribution in [-0.4, -0.2) is 55.7 Å². The molecule has 7 heteroatoms. The number of aliphatic hydroxyl groups excluding tert-OH is 1. The first-order valence-electron chi connectivity index (χ1n) is 5.38. The number of aliphatic hydroxyl groups is 1. The van der Waals surface area contributed by atoms with Gasteiger partial charge in [-0.15, -0.1) is 0 Å². The summed E-state index contributed by atoms with van der Waals surface area (Å²) in [6.07, 6.45) is 0.400. The summed E-state index contributed by atoms with van der Waals surface area (Å²) in [6, 6.07) is -0.657. The van der Waals surface area contributed by atoms with Crippen LogP contribution in [0.2, 0.25) is 0 Å². The highest BCUT2D eigenvalue weighted by molar-refractivity contribution is 7.91. The largest absolute Gasteiger partial charge is 0.392 e. The zero-order chi connectivity index (χ0) is 11.8. The Hall–Kier alpha value is -0.660. The third kappa shape index (κ3) is 2.72. The average Bonchev–Trinajstić information content (AvgIpc) is 2.73. The van der Waals surface area contributed by atoms with Crippen LogP contribution in [0.5, 0.6) is 0 Å². The summed E-state index contributed by atoms with van der Waals surface area (Å²) >= 11 is 0. The third-order valence-corrected chi connectivity index (χ3v) is 4.77. The van der Waals surface area contributed by atoms with E-state index in [1.54, 1.807) is 0 Å². The second-order valence-corrected chi connectivity index (χ2v) is 6.69. The molecule has 2 heterocycles. The Balaban J connectivity index is 1.84. The Kier molecular flexibility index (Phi) is 3.18. The lowest BCUT2D eigenvalue weighted by molar-refractivity contribution is -0.123. The van der Waals surface area contributed by atoms with Crippen molar-refractivity contribution in [1.29, 1.82) is 0 Å². The lowest BCUT2D eigenvalue weighted by Crippen LogP contribution is -2.45. The number of β-amino-alcohol motifs (C(OH)–C–C–N with tert-alkyl or cyclic N) is 1. The van der Waals surface area contributed by atoms with Gasteiger partial charge in [0.05, 0.1) is 23.7 Å². The van der Waals surface area contributed by atoms with Crippen LogP contribution in [0, 0.1) is 0 Å². The van der Waals surface area contributed by atoms with Crippen molar-refractivity contribution in [3.8, 4) is 0 Å². The van der Waals surface area contributed by atoms with Crippen LogP contribution in [0.15, 0.2) is 0 Å². The van der Waals surface area contributed by atoms with Crippen molar-refractivity contribution >= 4 is 15.7 Å².